The predicted molar refractivity (Wildman–Crippen MR) is 78.3 cm³/mol. The lowest BCUT2D eigenvalue weighted by molar-refractivity contribution is 0.198. The first kappa shape index (κ1) is 15.0. The van der Waals surface area contributed by atoms with Crippen LogP contribution in [0.15, 0.2) is 12.4 Å². The van der Waals surface area contributed by atoms with E-state index in [4.69, 9.17) is 9.47 Å². The Balaban J connectivity index is 1.98. The minimum atomic E-state index is 0.460. The number of nitrogens with one attached hydrogen (secondary N) is 1. The molecule has 0 bridgehead atoms. The maximum Gasteiger partial charge on any atom is 0.233 e. The van der Waals surface area contributed by atoms with Gasteiger partial charge in [-0.15, -0.1) is 0 Å². The molecule has 1 aromatic heterocycles. The third-order valence-electron chi connectivity index (χ3n) is 3.59. The van der Waals surface area contributed by atoms with Crippen molar-refractivity contribution in [2.45, 2.75) is 25.3 Å². The summed E-state index contributed by atoms with van der Waals surface area (Å²) in [5.74, 6) is 1.47. The Hall–Kier alpha value is -1.40. The highest BCUT2D eigenvalue weighted by Gasteiger charge is 2.23. The summed E-state index contributed by atoms with van der Waals surface area (Å²) in [6.45, 7) is 3.59. The molecule has 1 N–H and O–H groups in total. The molecule has 1 saturated heterocycles. The summed E-state index contributed by atoms with van der Waals surface area (Å²) >= 11 is 0. The first-order valence-corrected chi connectivity index (χ1v) is 7.17. The maximum absolute atomic E-state index is 5.16. The van der Waals surface area contributed by atoms with Gasteiger partial charge in [0.2, 0.25) is 5.88 Å². The van der Waals surface area contributed by atoms with E-state index >= 15 is 0 Å². The fourth-order valence-electron chi connectivity index (χ4n) is 2.53. The Morgan fingerprint density at radius 3 is 3.05 bits per heavy atom. The predicted octanol–water partition coefficient (Wildman–Crippen LogP) is 1.08. The Bertz CT molecular complexity index is 403. The van der Waals surface area contributed by atoms with E-state index in [9.17, 15) is 0 Å². The average molecular weight is 280 g/mol. The van der Waals surface area contributed by atoms with Gasteiger partial charge in [-0.3, -0.25) is 4.98 Å². The Morgan fingerprint density at radius 1 is 1.35 bits per heavy atom. The van der Waals surface area contributed by atoms with Gasteiger partial charge in [0.25, 0.3) is 0 Å². The van der Waals surface area contributed by atoms with E-state index in [-0.39, 0.29) is 0 Å². The first-order chi connectivity index (χ1) is 9.85. The minimum absolute atomic E-state index is 0.460. The van der Waals surface area contributed by atoms with Crippen molar-refractivity contribution in [3.05, 3.63) is 12.4 Å². The number of ether oxygens (including phenoxy) is 2. The zero-order chi connectivity index (χ0) is 14.2. The summed E-state index contributed by atoms with van der Waals surface area (Å²) in [5.41, 5.74) is 0. The summed E-state index contributed by atoms with van der Waals surface area (Å²) in [5, 5.41) is 3.44. The highest BCUT2D eigenvalue weighted by atomic mass is 16.5. The van der Waals surface area contributed by atoms with Gasteiger partial charge in [-0.05, 0) is 19.3 Å². The molecule has 1 atom stereocenters. The molecular formula is C14H24N4O2. The molecule has 0 radical (unpaired) electrons. The smallest absolute Gasteiger partial charge is 0.233 e. The monoisotopic (exact) mass is 280 g/mol. The van der Waals surface area contributed by atoms with Crippen molar-refractivity contribution in [2.75, 3.05) is 45.4 Å². The molecule has 1 fully saturated rings. The standard InChI is InChI=1S/C14H24N4O2/c1-19-8-6-15-9-12-5-3-4-7-18(12)13-10-16-11-14(17-13)20-2/h10-12,15H,3-9H2,1-2H3. The molecule has 1 aliphatic rings. The van der Waals surface area contributed by atoms with Crippen LogP contribution < -0.4 is 15.0 Å². The largest absolute Gasteiger partial charge is 0.480 e. The van der Waals surface area contributed by atoms with E-state index in [0.29, 0.717) is 11.9 Å². The second-order valence-corrected chi connectivity index (χ2v) is 4.96. The van der Waals surface area contributed by atoms with Crippen molar-refractivity contribution in [1.82, 2.24) is 15.3 Å². The Morgan fingerprint density at radius 2 is 2.25 bits per heavy atom. The molecule has 20 heavy (non-hydrogen) atoms. The Labute approximate surface area is 120 Å². The molecule has 6 heteroatoms. The number of nitrogens with zero attached hydrogens (tertiary/aromatic N) is 3. The number of methoxy groups -OCH3 is 2. The van der Waals surface area contributed by atoms with Gasteiger partial charge in [-0.1, -0.05) is 0 Å². The van der Waals surface area contributed by atoms with Crippen molar-refractivity contribution in [1.29, 1.82) is 0 Å². The molecule has 1 aromatic rings. The molecule has 0 aromatic carbocycles. The van der Waals surface area contributed by atoms with E-state index < -0.39 is 0 Å². The fourth-order valence-corrected chi connectivity index (χ4v) is 2.53. The summed E-state index contributed by atoms with van der Waals surface area (Å²) in [7, 11) is 3.34. The van der Waals surface area contributed by atoms with Crippen LogP contribution in [-0.2, 0) is 4.74 Å². The van der Waals surface area contributed by atoms with Gasteiger partial charge in [-0.25, -0.2) is 0 Å². The van der Waals surface area contributed by atoms with Crippen LogP contribution in [0.4, 0.5) is 5.82 Å². The van der Waals surface area contributed by atoms with Crippen molar-refractivity contribution in [3.63, 3.8) is 0 Å². The van der Waals surface area contributed by atoms with Gasteiger partial charge in [0, 0.05) is 32.8 Å². The average Bonchev–Trinajstić information content (AvgIpc) is 2.52. The van der Waals surface area contributed by atoms with Gasteiger partial charge in [0.1, 0.15) is 0 Å². The summed E-state index contributed by atoms with van der Waals surface area (Å²) in [6, 6.07) is 0.460. The molecule has 0 spiro atoms. The number of rotatable bonds is 7. The normalized spacial score (nSPS) is 19.1. The number of aromatic nitrogens is 2. The minimum Gasteiger partial charge on any atom is -0.480 e. The van der Waals surface area contributed by atoms with Crippen LogP contribution >= 0.6 is 0 Å². The summed E-state index contributed by atoms with van der Waals surface area (Å²) in [6.07, 6.45) is 7.10. The van der Waals surface area contributed by atoms with Gasteiger partial charge in [-0.2, -0.15) is 4.98 Å². The highest BCUT2D eigenvalue weighted by Crippen LogP contribution is 2.23. The van der Waals surface area contributed by atoms with E-state index in [1.165, 1.54) is 19.3 Å². The fraction of sp³-hybridized carbons (Fsp3) is 0.714. The lowest BCUT2D eigenvalue weighted by Gasteiger charge is -2.36. The third kappa shape index (κ3) is 4.05. The summed E-state index contributed by atoms with van der Waals surface area (Å²) < 4.78 is 10.2. The quantitative estimate of drug-likeness (QED) is 0.754. The summed E-state index contributed by atoms with van der Waals surface area (Å²) in [4.78, 5) is 11.0. The number of hydrogen-bond acceptors (Lipinski definition) is 6. The second kappa shape index (κ2) is 8.01. The third-order valence-corrected chi connectivity index (χ3v) is 3.59. The lowest BCUT2D eigenvalue weighted by Crippen LogP contribution is -2.46. The van der Waals surface area contributed by atoms with Crippen LogP contribution in [0, 0.1) is 0 Å². The molecule has 6 nitrogen and oxygen atoms in total. The molecule has 2 rings (SSSR count). The van der Waals surface area contributed by atoms with Crippen molar-refractivity contribution < 1.29 is 9.47 Å². The number of hydrogen-bond donors (Lipinski definition) is 1. The van der Waals surface area contributed by atoms with E-state index in [1.54, 1.807) is 20.4 Å². The van der Waals surface area contributed by atoms with Crippen molar-refractivity contribution in [2.24, 2.45) is 0 Å². The van der Waals surface area contributed by atoms with Crippen LogP contribution in [0.1, 0.15) is 19.3 Å². The van der Waals surface area contributed by atoms with Crippen LogP contribution in [-0.4, -0.2) is 56.5 Å². The molecule has 112 valence electrons. The van der Waals surface area contributed by atoms with E-state index in [0.717, 1.165) is 32.1 Å². The molecule has 0 aliphatic carbocycles. The van der Waals surface area contributed by atoms with Gasteiger partial charge in [0.05, 0.1) is 26.1 Å². The Kier molecular flexibility index (Phi) is 6.01. The van der Waals surface area contributed by atoms with Crippen LogP contribution in [0.2, 0.25) is 0 Å². The van der Waals surface area contributed by atoms with E-state index in [2.05, 4.69) is 20.2 Å². The molecule has 2 heterocycles. The van der Waals surface area contributed by atoms with Crippen LogP contribution in [0.3, 0.4) is 0 Å². The highest BCUT2D eigenvalue weighted by molar-refractivity contribution is 5.39. The molecule has 1 aliphatic heterocycles. The zero-order valence-corrected chi connectivity index (χ0v) is 12.3. The molecular weight excluding hydrogens is 256 g/mol. The SMILES string of the molecule is COCCNCC1CCCCN1c1cncc(OC)n1. The zero-order valence-electron chi connectivity index (χ0n) is 12.3. The van der Waals surface area contributed by atoms with Crippen molar-refractivity contribution in [3.8, 4) is 5.88 Å². The van der Waals surface area contributed by atoms with Gasteiger partial charge < -0.3 is 19.7 Å². The van der Waals surface area contributed by atoms with Crippen LogP contribution in [0.25, 0.3) is 0 Å². The maximum atomic E-state index is 5.16. The molecule has 0 saturated carbocycles. The number of anilines is 1. The topological polar surface area (TPSA) is 59.5 Å². The van der Waals surface area contributed by atoms with Crippen molar-refractivity contribution >= 4 is 5.82 Å². The first-order valence-electron chi connectivity index (χ1n) is 7.17. The lowest BCUT2D eigenvalue weighted by atomic mass is 10.0. The van der Waals surface area contributed by atoms with Gasteiger partial charge in [0.15, 0.2) is 5.82 Å². The second-order valence-electron chi connectivity index (χ2n) is 4.96. The molecule has 0 amide bonds. The molecule has 1 unspecified atom stereocenters. The van der Waals surface area contributed by atoms with Gasteiger partial charge >= 0.3 is 0 Å². The van der Waals surface area contributed by atoms with Crippen LogP contribution in [0.5, 0.6) is 5.88 Å². The number of piperidine rings is 1. The van der Waals surface area contributed by atoms with E-state index in [1.807, 2.05) is 6.20 Å².